The van der Waals surface area contributed by atoms with Crippen molar-refractivity contribution in [1.29, 1.82) is 0 Å². The van der Waals surface area contributed by atoms with Crippen LogP contribution >= 0.6 is 0 Å². The van der Waals surface area contributed by atoms with E-state index in [1.54, 1.807) is 6.07 Å². The molecule has 6 nitrogen and oxygen atoms in total. The van der Waals surface area contributed by atoms with Gasteiger partial charge in [-0.3, -0.25) is 20.2 Å². The molecular weight excluding hydrogens is 215 g/mol. The molecule has 1 aromatic rings. The molecule has 0 aliphatic carbocycles. The van der Waals surface area contributed by atoms with E-state index in [0.29, 0.717) is 0 Å². The van der Waals surface area contributed by atoms with Gasteiger partial charge in [-0.25, -0.2) is 0 Å². The van der Waals surface area contributed by atoms with Crippen LogP contribution in [-0.4, -0.2) is 9.85 Å². The summed E-state index contributed by atoms with van der Waals surface area (Å²) in [6, 6.07) is 7.27. The zero-order valence-corrected chi connectivity index (χ0v) is 10.5. The van der Waals surface area contributed by atoms with Crippen LogP contribution < -0.4 is 51.4 Å². The summed E-state index contributed by atoms with van der Waals surface area (Å²) in [6.07, 6.45) is -0.999. The Labute approximate surface area is 122 Å². The van der Waals surface area contributed by atoms with Gasteiger partial charge in [0.25, 0.3) is 0 Å². The van der Waals surface area contributed by atoms with Gasteiger partial charge in [-0.15, -0.1) is 24.3 Å². The van der Waals surface area contributed by atoms with E-state index in [1.165, 1.54) is 24.3 Å². The molecule has 0 aliphatic rings. The number of nitro groups is 2. The topological polar surface area (TPSA) is 86.3 Å². The first-order valence-corrected chi connectivity index (χ1v) is 3.34. The van der Waals surface area contributed by atoms with Crippen molar-refractivity contribution in [2.45, 2.75) is 0 Å². The first kappa shape index (κ1) is 13.5. The van der Waals surface area contributed by atoms with Gasteiger partial charge in [0.1, 0.15) is 0 Å². The Balaban J connectivity index is 0.00000169. The Morgan fingerprint density at radius 2 is 1.43 bits per heavy atom. The van der Waals surface area contributed by atoms with Gasteiger partial charge >= 0.3 is 57.6 Å². The van der Waals surface area contributed by atoms with E-state index in [1.807, 2.05) is 0 Å². The number of rotatable bonds is 3. The van der Waals surface area contributed by atoms with Crippen molar-refractivity contribution in [3.8, 4) is 0 Å². The first-order valence-electron chi connectivity index (χ1n) is 3.34. The monoisotopic (exact) mass is 220 g/mol. The second-order valence-electron chi connectivity index (χ2n) is 2.20. The molecule has 68 valence electrons. The molecule has 0 bridgehead atoms. The summed E-state index contributed by atoms with van der Waals surface area (Å²) in [4.78, 5) is 18.5. The van der Waals surface area contributed by atoms with Gasteiger partial charge in [0.2, 0.25) is 0 Å². The summed E-state index contributed by atoms with van der Waals surface area (Å²) in [7, 11) is 0. The smallest absolute Gasteiger partial charge is 0.265 e. The molecule has 0 fully saturated rings. The van der Waals surface area contributed by atoms with Crippen molar-refractivity contribution in [2.24, 2.45) is 0 Å². The molecule has 0 aliphatic heterocycles. The molecule has 0 saturated carbocycles. The van der Waals surface area contributed by atoms with Crippen LogP contribution in [0.5, 0.6) is 0 Å². The molecule has 0 heterocycles. The van der Waals surface area contributed by atoms with Gasteiger partial charge in [0.05, 0.1) is 9.85 Å². The SMILES string of the molecule is O=[N+]([O-])[C-](c1ccccc1)[N+](=O)[O-].[K+]. The van der Waals surface area contributed by atoms with Gasteiger partial charge in [0, 0.05) is 0 Å². The Kier molecular flexibility index (Phi) is 5.89. The largest absolute Gasteiger partial charge is 1.00 e. The van der Waals surface area contributed by atoms with Gasteiger partial charge in [0.15, 0.2) is 0 Å². The van der Waals surface area contributed by atoms with Crippen molar-refractivity contribution in [1.82, 2.24) is 0 Å². The van der Waals surface area contributed by atoms with Crippen LogP contribution in [-0.2, 0) is 0 Å². The minimum absolute atomic E-state index is 0. The van der Waals surface area contributed by atoms with Gasteiger partial charge in [-0.05, 0) is 5.56 Å². The van der Waals surface area contributed by atoms with Crippen LogP contribution in [0, 0.1) is 26.4 Å². The second-order valence-corrected chi connectivity index (χ2v) is 2.20. The van der Waals surface area contributed by atoms with Gasteiger partial charge in [-0.2, -0.15) is 0 Å². The molecule has 1 aromatic carbocycles. The Hall–Kier alpha value is -0.474. The molecule has 14 heavy (non-hydrogen) atoms. The molecular formula is C7H5KN2O4. The average Bonchev–Trinajstić information content (AvgIpc) is 2.04. The molecule has 0 unspecified atom stereocenters. The van der Waals surface area contributed by atoms with Crippen LogP contribution in [0.25, 0.3) is 0 Å². The van der Waals surface area contributed by atoms with Crippen LogP contribution in [0.4, 0.5) is 0 Å². The van der Waals surface area contributed by atoms with E-state index < -0.39 is 16.0 Å². The van der Waals surface area contributed by atoms with Gasteiger partial charge < -0.3 is 0 Å². The van der Waals surface area contributed by atoms with E-state index in [-0.39, 0.29) is 56.9 Å². The van der Waals surface area contributed by atoms with E-state index >= 15 is 0 Å². The molecule has 0 N–H and O–H groups in total. The fourth-order valence-corrected chi connectivity index (χ4v) is 0.865. The van der Waals surface area contributed by atoms with E-state index in [9.17, 15) is 20.2 Å². The molecule has 7 heteroatoms. The second kappa shape index (κ2) is 6.09. The fraction of sp³-hybridized carbons (Fsp3) is 0. The Morgan fingerprint density at radius 3 is 1.79 bits per heavy atom. The number of benzene rings is 1. The van der Waals surface area contributed by atoms with E-state index in [0.717, 1.165) is 0 Å². The van der Waals surface area contributed by atoms with Crippen LogP contribution in [0.15, 0.2) is 30.3 Å². The van der Waals surface area contributed by atoms with Crippen molar-refractivity contribution in [3.63, 3.8) is 0 Å². The minimum Gasteiger partial charge on any atom is -0.265 e. The van der Waals surface area contributed by atoms with Crippen LogP contribution in [0.2, 0.25) is 0 Å². The number of nitrogens with zero attached hydrogens (tertiary/aromatic N) is 2. The maximum Gasteiger partial charge on any atom is 1.00 e. The standard InChI is InChI=1S/C7H5N2O4.K/c10-8(11)7(9(12)13)6-4-2-1-3-5-6;/h1-5H;/q-1;+1. The quantitative estimate of drug-likeness (QED) is 0.257. The van der Waals surface area contributed by atoms with Crippen LogP contribution in [0.3, 0.4) is 0 Å². The molecule has 0 spiro atoms. The molecule has 0 radical (unpaired) electrons. The summed E-state index contributed by atoms with van der Waals surface area (Å²) in [5, 5.41) is 20.5. The van der Waals surface area contributed by atoms with E-state index in [2.05, 4.69) is 0 Å². The summed E-state index contributed by atoms with van der Waals surface area (Å²) in [5.41, 5.74) is -0.00231. The fourth-order valence-electron chi connectivity index (χ4n) is 0.865. The zero-order chi connectivity index (χ0) is 9.84. The van der Waals surface area contributed by atoms with Crippen molar-refractivity contribution >= 4 is 0 Å². The third-order valence-corrected chi connectivity index (χ3v) is 1.38. The summed E-state index contributed by atoms with van der Waals surface area (Å²) in [6.45, 7) is 0. The third-order valence-electron chi connectivity index (χ3n) is 1.38. The first-order chi connectivity index (χ1) is 6.13. The number of hydrogen-bond acceptors (Lipinski definition) is 4. The predicted molar refractivity (Wildman–Crippen MR) is 42.8 cm³/mol. The number of hydrogen-bond donors (Lipinski definition) is 0. The maximum atomic E-state index is 10.3. The molecule has 0 aromatic heterocycles. The summed E-state index contributed by atoms with van der Waals surface area (Å²) < 4.78 is 0. The third kappa shape index (κ3) is 3.35. The Bertz CT molecular complexity index is 316. The van der Waals surface area contributed by atoms with Crippen molar-refractivity contribution < 1.29 is 61.2 Å². The van der Waals surface area contributed by atoms with Crippen molar-refractivity contribution in [2.75, 3.05) is 0 Å². The minimum atomic E-state index is -1.00. The zero-order valence-electron chi connectivity index (χ0n) is 7.41. The maximum absolute atomic E-state index is 10.3. The molecule has 0 saturated heterocycles. The predicted octanol–water partition coefficient (Wildman–Crippen LogP) is -1.92. The summed E-state index contributed by atoms with van der Waals surface area (Å²) in [5.74, 6) is 0. The van der Waals surface area contributed by atoms with Crippen LogP contribution in [0.1, 0.15) is 5.56 Å². The summed E-state index contributed by atoms with van der Waals surface area (Å²) >= 11 is 0. The molecule has 0 atom stereocenters. The van der Waals surface area contributed by atoms with Crippen molar-refractivity contribution in [3.05, 3.63) is 62.3 Å². The average molecular weight is 220 g/mol. The normalized spacial score (nSPS) is 8.57. The molecule has 1 rings (SSSR count). The van der Waals surface area contributed by atoms with Gasteiger partial charge in [-0.1, -0.05) is 6.07 Å². The van der Waals surface area contributed by atoms with E-state index in [4.69, 9.17) is 0 Å². The molecule has 0 amide bonds. The Morgan fingerprint density at radius 1 is 1.00 bits per heavy atom.